The maximum absolute atomic E-state index is 12.3. The number of thiazole rings is 1. The van der Waals surface area contributed by atoms with Crippen LogP contribution in [-0.4, -0.2) is 27.4 Å². The topological polar surface area (TPSA) is 79.8 Å². The van der Waals surface area contributed by atoms with Crippen molar-refractivity contribution in [3.8, 4) is 0 Å². The smallest absolute Gasteiger partial charge is 0.231 e. The maximum Gasteiger partial charge on any atom is 0.231 e. The molecule has 0 bridgehead atoms. The first-order chi connectivity index (χ1) is 15.1. The molecule has 2 aromatic heterocycles. The number of nitrogens with one attached hydrogen (secondary N) is 2. The Morgan fingerprint density at radius 2 is 1.87 bits per heavy atom. The molecule has 0 aliphatic carbocycles. The molecular weight excluding hydrogens is 426 g/mol. The summed E-state index contributed by atoms with van der Waals surface area (Å²) in [4.78, 5) is 26.2. The van der Waals surface area contributed by atoms with Gasteiger partial charge in [-0.25, -0.2) is 15.0 Å². The van der Waals surface area contributed by atoms with Crippen LogP contribution in [-0.2, 0) is 17.0 Å². The number of aromatic nitrogens is 3. The molecule has 0 atom stereocenters. The van der Waals surface area contributed by atoms with E-state index in [4.69, 9.17) is 0 Å². The lowest BCUT2D eigenvalue weighted by molar-refractivity contribution is -0.115. The monoisotopic (exact) mass is 449 g/mol. The molecule has 0 radical (unpaired) electrons. The summed E-state index contributed by atoms with van der Waals surface area (Å²) in [6.07, 6.45) is 0.264. The van der Waals surface area contributed by atoms with Gasteiger partial charge < -0.3 is 10.6 Å². The molecule has 1 amide bonds. The Kier molecular flexibility index (Phi) is 6.79. The molecule has 0 fully saturated rings. The van der Waals surface area contributed by atoms with Crippen LogP contribution in [0, 0.1) is 6.92 Å². The van der Waals surface area contributed by atoms with Crippen LogP contribution in [0.5, 0.6) is 0 Å². The van der Waals surface area contributed by atoms with E-state index in [9.17, 15) is 4.79 Å². The number of anilines is 2. The van der Waals surface area contributed by atoms with Gasteiger partial charge in [0.05, 0.1) is 17.6 Å². The Labute approximate surface area is 189 Å². The maximum atomic E-state index is 12.3. The van der Waals surface area contributed by atoms with Crippen LogP contribution >= 0.6 is 23.1 Å². The highest BCUT2D eigenvalue weighted by molar-refractivity contribution is 7.98. The zero-order valence-corrected chi connectivity index (χ0v) is 19.0. The molecule has 0 spiro atoms. The number of aryl methyl sites for hydroxylation is 1. The second-order valence-electron chi connectivity index (χ2n) is 7.01. The van der Waals surface area contributed by atoms with Gasteiger partial charge in [0.25, 0.3) is 0 Å². The summed E-state index contributed by atoms with van der Waals surface area (Å²) < 4.78 is 0. The summed E-state index contributed by atoms with van der Waals surface area (Å²) in [6.45, 7) is 4.87. The van der Waals surface area contributed by atoms with E-state index in [0.717, 1.165) is 45.2 Å². The van der Waals surface area contributed by atoms with Crippen molar-refractivity contribution < 1.29 is 4.79 Å². The van der Waals surface area contributed by atoms with Gasteiger partial charge in [0.2, 0.25) is 5.91 Å². The highest BCUT2D eigenvalue weighted by Crippen LogP contribution is 2.27. The summed E-state index contributed by atoms with van der Waals surface area (Å²) in [6, 6.07) is 15.8. The third-order valence-corrected chi connectivity index (χ3v) is 6.30. The predicted molar refractivity (Wildman–Crippen MR) is 129 cm³/mol. The summed E-state index contributed by atoms with van der Waals surface area (Å²) in [5.41, 5.74) is 3.80. The second kappa shape index (κ2) is 9.89. The first-order valence-corrected chi connectivity index (χ1v) is 11.9. The van der Waals surface area contributed by atoms with Crippen molar-refractivity contribution in [2.45, 2.75) is 31.2 Å². The fourth-order valence-corrected chi connectivity index (χ4v) is 4.68. The van der Waals surface area contributed by atoms with Gasteiger partial charge in [0.1, 0.15) is 10.8 Å². The lowest BCUT2D eigenvalue weighted by Gasteiger charge is -2.08. The number of amides is 1. The minimum absolute atomic E-state index is 0.0643. The standard InChI is InChI=1S/C23H23N5OS2/c1-3-24-22-18-6-4-5-7-19(18)27-23(28-22)31-14-17-13-30-21(26-17)12-20(29)25-16-10-8-15(2)9-11-16/h4-11,13H,3,12,14H2,1-2H3,(H,25,29)(H,24,27,28). The molecule has 8 heteroatoms. The van der Waals surface area contributed by atoms with E-state index in [0.29, 0.717) is 10.9 Å². The number of thioether (sulfide) groups is 1. The van der Waals surface area contributed by atoms with Crippen LogP contribution in [0.3, 0.4) is 0 Å². The average molecular weight is 450 g/mol. The van der Waals surface area contributed by atoms with Crippen LogP contribution in [0.4, 0.5) is 11.5 Å². The number of carbonyl (C=O) groups is 1. The Balaban J connectivity index is 1.38. The quantitative estimate of drug-likeness (QED) is 0.281. The number of rotatable bonds is 8. The Bertz CT molecular complexity index is 1190. The molecule has 0 saturated heterocycles. The Hall–Kier alpha value is -2.97. The minimum atomic E-state index is -0.0643. The number of hydrogen-bond acceptors (Lipinski definition) is 7. The lowest BCUT2D eigenvalue weighted by atomic mass is 10.2. The summed E-state index contributed by atoms with van der Waals surface area (Å²) in [7, 11) is 0. The number of hydrogen-bond donors (Lipinski definition) is 2. The van der Waals surface area contributed by atoms with E-state index in [1.54, 1.807) is 11.8 Å². The molecule has 0 saturated carbocycles. The number of fused-ring (bicyclic) bond motifs is 1. The molecule has 2 heterocycles. The fourth-order valence-electron chi connectivity index (χ4n) is 3.04. The van der Waals surface area contributed by atoms with Crippen molar-refractivity contribution in [1.29, 1.82) is 0 Å². The molecule has 4 rings (SSSR count). The van der Waals surface area contributed by atoms with Gasteiger partial charge in [-0.05, 0) is 38.1 Å². The number of carbonyl (C=O) groups excluding carboxylic acids is 1. The van der Waals surface area contributed by atoms with E-state index in [2.05, 4.69) is 32.5 Å². The van der Waals surface area contributed by atoms with Crippen LogP contribution in [0.25, 0.3) is 10.9 Å². The number of para-hydroxylation sites is 1. The van der Waals surface area contributed by atoms with Crippen LogP contribution in [0.15, 0.2) is 59.1 Å². The third kappa shape index (κ3) is 5.59. The molecule has 4 aromatic rings. The van der Waals surface area contributed by atoms with E-state index in [1.165, 1.54) is 11.3 Å². The fraction of sp³-hybridized carbons (Fsp3) is 0.217. The molecule has 0 unspecified atom stereocenters. The van der Waals surface area contributed by atoms with Crippen LogP contribution in [0.1, 0.15) is 23.2 Å². The highest BCUT2D eigenvalue weighted by Gasteiger charge is 2.11. The molecule has 6 nitrogen and oxygen atoms in total. The molecule has 2 aromatic carbocycles. The van der Waals surface area contributed by atoms with Crippen molar-refractivity contribution >= 4 is 51.4 Å². The second-order valence-corrected chi connectivity index (χ2v) is 8.90. The SMILES string of the molecule is CCNc1nc(SCc2csc(CC(=O)Nc3ccc(C)cc3)n2)nc2ccccc12. The molecule has 0 aliphatic rings. The minimum Gasteiger partial charge on any atom is -0.370 e. The van der Waals surface area contributed by atoms with Gasteiger partial charge in [0.15, 0.2) is 5.16 Å². The van der Waals surface area contributed by atoms with Crippen molar-refractivity contribution in [1.82, 2.24) is 15.0 Å². The van der Waals surface area contributed by atoms with E-state index < -0.39 is 0 Å². The lowest BCUT2D eigenvalue weighted by Crippen LogP contribution is -2.14. The van der Waals surface area contributed by atoms with Crippen molar-refractivity contribution in [2.24, 2.45) is 0 Å². The van der Waals surface area contributed by atoms with Gasteiger partial charge in [0, 0.05) is 28.8 Å². The van der Waals surface area contributed by atoms with Crippen molar-refractivity contribution in [3.63, 3.8) is 0 Å². The highest BCUT2D eigenvalue weighted by atomic mass is 32.2. The predicted octanol–water partition coefficient (Wildman–Crippen LogP) is 5.30. The summed E-state index contributed by atoms with van der Waals surface area (Å²) >= 11 is 3.05. The van der Waals surface area contributed by atoms with Gasteiger partial charge in [-0.15, -0.1) is 11.3 Å². The van der Waals surface area contributed by atoms with Gasteiger partial charge in [-0.3, -0.25) is 4.79 Å². The Morgan fingerprint density at radius 3 is 2.68 bits per heavy atom. The number of nitrogens with zero attached hydrogens (tertiary/aromatic N) is 3. The molecule has 158 valence electrons. The number of benzene rings is 2. The first kappa shape index (κ1) is 21.3. The average Bonchev–Trinajstić information content (AvgIpc) is 3.21. The summed E-state index contributed by atoms with van der Waals surface area (Å²) in [5.74, 6) is 1.44. The van der Waals surface area contributed by atoms with E-state index >= 15 is 0 Å². The van der Waals surface area contributed by atoms with Crippen molar-refractivity contribution in [2.75, 3.05) is 17.2 Å². The molecule has 2 N–H and O–H groups in total. The summed E-state index contributed by atoms with van der Waals surface area (Å²) in [5, 5.41) is 10.8. The van der Waals surface area contributed by atoms with Crippen LogP contribution in [0.2, 0.25) is 0 Å². The van der Waals surface area contributed by atoms with Gasteiger partial charge >= 0.3 is 0 Å². The van der Waals surface area contributed by atoms with Gasteiger partial charge in [-0.2, -0.15) is 0 Å². The first-order valence-electron chi connectivity index (χ1n) is 10.0. The van der Waals surface area contributed by atoms with Gasteiger partial charge in [-0.1, -0.05) is 41.6 Å². The molecule has 0 aliphatic heterocycles. The Morgan fingerprint density at radius 1 is 1.06 bits per heavy atom. The van der Waals surface area contributed by atoms with Crippen LogP contribution < -0.4 is 10.6 Å². The van der Waals surface area contributed by atoms with Crippen molar-refractivity contribution in [3.05, 3.63) is 70.2 Å². The zero-order valence-electron chi connectivity index (χ0n) is 17.4. The zero-order chi connectivity index (χ0) is 21.6. The molecule has 31 heavy (non-hydrogen) atoms. The normalized spacial score (nSPS) is 10.9. The van der Waals surface area contributed by atoms with E-state index in [-0.39, 0.29) is 12.3 Å². The largest absolute Gasteiger partial charge is 0.370 e. The molecular formula is C23H23N5OS2. The van der Waals surface area contributed by atoms with E-state index in [1.807, 2.05) is 60.8 Å². The third-order valence-electron chi connectivity index (χ3n) is 4.52.